The summed E-state index contributed by atoms with van der Waals surface area (Å²) in [6.45, 7) is 2.17. The fraction of sp³-hybridized carbons (Fsp3) is 0.360. The van der Waals surface area contributed by atoms with Crippen LogP contribution >= 0.6 is 0 Å². The Hall–Kier alpha value is -3.76. The number of morpholine rings is 1. The summed E-state index contributed by atoms with van der Waals surface area (Å²) in [6, 6.07) is 12.0. The Labute approximate surface area is 202 Å². The van der Waals surface area contributed by atoms with Gasteiger partial charge in [-0.3, -0.25) is 19.8 Å². The minimum Gasteiger partial charge on any atom is -0.380 e. The number of amidine groups is 1. The monoisotopic (exact) mass is 477 g/mol. The van der Waals surface area contributed by atoms with E-state index < -0.39 is 24.0 Å². The summed E-state index contributed by atoms with van der Waals surface area (Å²) in [5.74, 6) is -1.16. The number of rotatable bonds is 5. The van der Waals surface area contributed by atoms with Gasteiger partial charge in [0.05, 0.1) is 17.9 Å². The molecule has 2 atom stereocenters. The number of aliphatic hydroxyl groups excluding tert-OH is 1. The molecule has 182 valence electrons. The van der Waals surface area contributed by atoms with Crippen molar-refractivity contribution in [2.75, 3.05) is 36.5 Å². The molecule has 0 spiro atoms. The van der Waals surface area contributed by atoms with E-state index in [4.69, 9.17) is 10.1 Å². The third-order valence-corrected chi connectivity index (χ3v) is 6.59. The number of hydrogen-bond donors (Lipinski definition) is 4. The Bertz CT molecular complexity index is 1190. The van der Waals surface area contributed by atoms with Gasteiger partial charge in [0.1, 0.15) is 5.84 Å². The van der Waals surface area contributed by atoms with E-state index in [1.54, 1.807) is 47.4 Å². The van der Waals surface area contributed by atoms with Gasteiger partial charge in [-0.2, -0.15) is 0 Å². The molecule has 0 bridgehead atoms. The maximum Gasteiger partial charge on any atom is 0.259 e. The molecule has 3 aliphatic heterocycles. The number of carbonyl (C=O) groups is 3. The fourth-order valence-electron chi connectivity index (χ4n) is 4.75. The number of likely N-dealkylation sites (tertiary alicyclic amines) is 1. The van der Waals surface area contributed by atoms with Gasteiger partial charge in [0.2, 0.25) is 0 Å². The lowest BCUT2D eigenvalue weighted by Gasteiger charge is -2.35. The minimum absolute atomic E-state index is 0.111. The summed E-state index contributed by atoms with van der Waals surface area (Å²) >= 11 is 0. The lowest BCUT2D eigenvalue weighted by molar-refractivity contribution is -0.150. The highest BCUT2D eigenvalue weighted by atomic mass is 16.5. The molecule has 4 N–H and O–H groups in total. The molecular formula is C25H27N5O5. The van der Waals surface area contributed by atoms with Gasteiger partial charge in [-0.05, 0) is 48.7 Å². The Morgan fingerprint density at radius 2 is 1.91 bits per heavy atom. The molecule has 0 radical (unpaired) electrons. The number of anilines is 2. The van der Waals surface area contributed by atoms with Crippen molar-refractivity contribution in [2.24, 2.45) is 0 Å². The fourth-order valence-corrected chi connectivity index (χ4v) is 4.75. The summed E-state index contributed by atoms with van der Waals surface area (Å²) in [5, 5.41) is 24.1. The van der Waals surface area contributed by atoms with E-state index in [0.717, 1.165) is 24.0 Å². The van der Waals surface area contributed by atoms with Crippen LogP contribution in [0, 0.1) is 5.41 Å². The molecule has 1 unspecified atom stereocenters. The van der Waals surface area contributed by atoms with Gasteiger partial charge < -0.3 is 30.3 Å². The van der Waals surface area contributed by atoms with Crippen molar-refractivity contribution in [3.8, 4) is 0 Å². The average molecular weight is 478 g/mol. The molecule has 3 amide bonds. The van der Waals surface area contributed by atoms with Crippen LogP contribution in [0.15, 0.2) is 42.5 Å². The van der Waals surface area contributed by atoms with Gasteiger partial charge >= 0.3 is 0 Å². The zero-order valence-corrected chi connectivity index (χ0v) is 19.1. The number of carbonyl (C=O) groups excluding carboxylic acids is 3. The van der Waals surface area contributed by atoms with Crippen molar-refractivity contribution in [3.05, 3.63) is 59.2 Å². The lowest BCUT2D eigenvalue weighted by atomic mass is 10.1. The minimum atomic E-state index is -1.74. The van der Waals surface area contributed by atoms with Crippen molar-refractivity contribution >= 4 is 34.9 Å². The summed E-state index contributed by atoms with van der Waals surface area (Å²) in [4.78, 5) is 42.4. The number of benzene rings is 2. The van der Waals surface area contributed by atoms with Gasteiger partial charge in [-0.1, -0.05) is 12.1 Å². The van der Waals surface area contributed by atoms with Gasteiger partial charge in [0.25, 0.3) is 17.7 Å². The van der Waals surface area contributed by atoms with Gasteiger partial charge in [0, 0.05) is 37.4 Å². The number of fused-ring (bicyclic) bond motifs is 1. The second-order valence-electron chi connectivity index (χ2n) is 8.83. The van der Waals surface area contributed by atoms with Gasteiger partial charge in [-0.25, -0.2) is 0 Å². The molecule has 35 heavy (non-hydrogen) atoms. The quantitative estimate of drug-likeness (QED) is 0.509. The first-order valence-corrected chi connectivity index (χ1v) is 11.7. The topological polar surface area (TPSA) is 135 Å². The van der Waals surface area contributed by atoms with Gasteiger partial charge in [-0.15, -0.1) is 0 Å². The maximum atomic E-state index is 13.3. The number of aliphatic hydroxyl groups is 1. The SMILES string of the molecule is N=C1NCc2cc(NC(=O)C(O)[C@H]3OCCN(c4ccccc4C(=O)N4CCCC4)C3=O)ccc21. The summed E-state index contributed by atoms with van der Waals surface area (Å²) in [7, 11) is 0. The summed E-state index contributed by atoms with van der Waals surface area (Å²) in [5.41, 5.74) is 2.93. The second-order valence-corrected chi connectivity index (χ2v) is 8.83. The Kier molecular flexibility index (Phi) is 6.23. The van der Waals surface area contributed by atoms with E-state index >= 15 is 0 Å². The lowest BCUT2D eigenvalue weighted by Crippen LogP contribution is -2.55. The number of ether oxygens (including phenoxy) is 1. The summed E-state index contributed by atoms with van der Waals surface area (Å²) in [6.07, 6.45) is -1.23. The van der Waals surface area contributed by atoms with Crippen molar-refractivity contribution in [1.82, 2.24) is 10.2 Å². The second kappa shape index (κ2) is 9.47. The molecule has 0 aliphatic carbocycles. The van der Waals surface area contributed by atoms with Crippen LogP contribution < -0.4 is 15.5 Å². The molecular weight excluding hydrogens is 450 g/mol. The molecule has 2 saturated heterocycles. The van der Waals surface area contributed by atoms with E-state index in [-0.39, 0.29) is 19.1 Å². The molecule has 2 aromatic rings. The molecule has 3 heterocycles. The predicted octanol–water partition coefficient (Wildman–Crippen LogP) is 1.08. The van der Waals surface area contributed by atoms with E-state index in [1.165, 1.54) is 4.90 Å². The molecule has 2 fully saturated rings. The first-order valence-electron chi connectivity index (χ1n) is 11.7. The van der Waals surface area contributed by atoms with Crippen molar-refractivity contribution in [2.45, 2.75) is 31.6 Å². The van der Waals surface area contributed by atoms with E-state index in [0.29, 0.717) is 42.4 Å². The third-order valence-electron chi connectivity index (χ3n) is 6.59. The van der Waals surface area contributed by atoms with Crippen LogP contribution in [-0.2, 0) is 20.9 Å². The maximum absolute atomic E-state index is 13.3. The first-order chi connectivity index (χ1) is 16.9. The van der Waals surface area contributed by atoms with Crippen molar-refractivity contribution in [3.63, 3.8) is 0 Å². The van der Waals surface area contributed by atoms with Crippen LogP contribution in [0.3, 0.4) is 0 Å². The number of hydrogen-bond acceptors (Lipinski definition) is 6. The predicted molar refractivity (Wildman–Crippen MR) is 128 cm³/mol. The van der Waals surface area contributed by atoms with Gasteiger partial charge in [0.15, 0.2) is 12.2 Å². The Morgan fingerprint density at radius 1 is 1.14 bits per heavy atom. The van der Waals surface area contributed by atoms with Crippen LogP contribution in [0.2, 0.25) is 0 Å². The first kappa shape index (κ1) is 23.0. The van der Waals surface area contributed by atoms with Crippen LogP contribution in [0.5, 0.6) is 0 Å². The van der Waals surface area contributed by atoms with Crippen LogP contribution in [0.25, 0.3) is 0 Å². The Balaban J connectivity index is 1.32. The highest BCUT2D eigenvalue weighted by Crippen LogP contribution is 2.27. The highest BCUT2D eigenvalue weighted by Gasteiger charge is 2.40. The Morgan fingerprint density at radius 3 is 2.71 bits per heavy atom. The molecule has 0 saturated carbocycles. The normalized spacial score (nSPS) is 20.4. The highest BCUT2D eigenvalue weighted by molar-refractivity contribution is 6.08. The molecule has 0 aromatic heterocycles. The van der Waals surface area contributed by atoms with Crippen molar-refractivity contribution in [1.29, 1.82) is 5.41 Å². The zero-order valence-electron chi connectivity index (χ0n) is 19.1. The van der Waals surface area contributed by atoms with Crippen LogP contribution in [0.1, 0.15) is 34.3 Å². The zero-order chi connectivity index (χ0) is 24.5. The third kappa shape index (κ3) is 4.38. The number of para-hydroxylation sites is 1. The summed E-state index contributed by atoms with van der Waals surface area (Å²) < 4.78 is 5.52. The molecule has 3 aliphatic rings. The smallest absolute Gasteiger partial charge is 0.259 e. The molecule has 10 heteroatoms. The average Bonchev–Trinajstić information content (AvgIpc) is 3.54. The molecule has 10 nitrogen and oxygen atoms in total. The van der Waals surface area contributed by atoms with Crippen molar-refractivity contribution < 1.29 is 24.2 Å². The standard InChI is InChI=1S/C25H27N5O5/c26-22-17-8-7-16(13-15(17)14-27-22)28-23(32)20(31)21-25(34)30(11-12-35-21)19-6-2-1-5-18(19)24(33)29-9-3-4-10-29/h1-2,5-8,13,20-21,31H,3-4,9-12,14H2,(H2,26,27)(H,28,32)/t20?,21-/m1/s1. The van der Waals surface area contributed by atoms with E-state index in [1.807, 2.05) is 0 Å². The van der Waals surface area contributed by atoms with E-state index in [9.17, 15) is 19.5 Å². The van der Waals surface area contributed by atoms with Crippen LogP contribution in [0.4, 0.5) is 11.4 Å². The van der Waals surface area contributed by atoms with Crippen LogP contribution in [-0.4, -0.2) is 72.0 Å². The number of nitrogens with zero attached hydrogens (tertiary/aromatic N) is 2. The molecule has 5 rings (SSSR count). The molecule has 2 aromatic carbocycles. The van der Waals surface area contributed by atoms with E-state index in [2.05, 4.69) is 10.6 Å². The number of nitrogens with one attached hydrogen (secondary N) is 3. The number of amides is 3. The largest absolute Gasteiger partial charge is 0.380 e.